The van der Waals surface area contributed by atoms with Gasteiger partial charge in [0.15, 0.2) is 5.17 Å². The van der Waals surface area contributed by atoms with Gasteiger partial charge in [-0.2, -0.15) is 0 Å². The number of aliphatic imine (C=N–C) groups is 1. The van der Waals surface area contributed by atoms with E-state index in [0.29, 0.717) is 5.25 Å². The summed E-state index contributed by atoms with van der Waals surface area (Å²) >= 11 is 5.48. The third-order valence-corrected chi connectivity index (χ3v) is 5.80. The van der Waals surface area contributed by atoms with Crippen molar-refractivity contribution in [3.05, 3.63) is 0 Å². The minimum Gasteiger partial charge on any atom is -0.351 e. The molecule has 92 valence electrons. The third-order valence-electron chi connectivity index (χ3n) is 3.34. The Hall–Kier alpha value is 0.260. The summed E-state index contributed by atoms with van der Waals surface area (Å²) in [5, 5.41) is 2.99. The zero-order chi connectivity index (χ0) is 11.5. The first-order chi connectivity index (χ1) is 7.70. The summed E-state index contributed by atoms with van der Waals surface area (Å²) < 4.78 is 0. The summed E-state index contributed by atoms with van der Waals surface area (Å²) in [7, 11) is 4.37. The predicted octanol–water partition coefficient (Wildman–Crippen LogP) is 1.88. The van der Waals surface area contributed by atoms with Gasteiger partial charge >= 0.3 is 0 Å². The van der Waals surface area contributed by atoms with Gasteiger partial charge in [-0.1, -0.05) is 27.7 Å². The quantitative estimate of drug-likeness (QED) is 0.726. The van der Waals surface area contributed by atoms with Gasteiger partial charge in [0.25, 0.3) is 0 Å². The van der Waals surface area contributed by atoms with E-state index in [-0.39, 0.29) is 0 Å². The second-order valence-electron chi connectivity index (χ2n) is 4.70. The summed E-state index contributed by atoms with van der Waals surface area (Å²) in [6.07, 6.45) is 2.54. The first kappa shape index (κ1) is 12.7. The monoisotopic (exact) mass is 305 g/mol. The smallest absolute Gasteiger partial charge is 0.159 e. The van der Waals surface area contributed by atoms with E-state index in [4.69, 9.17) is 0 Å². The average Bonchev–Trinajstić information content (AvgIpc) is 2.77. The number of hydrogen-bond acceptors (Lipinski definition) is 4. The van der Waals surface area contributed by atoms with Crippen LogP contribution in [0.5, 0.6) is 0 Å². The van der Waals surface area contributed by atoms with E-state index < -0.39 is 0 Å². The minimum atomic E-state index is 0.654. The summed E-state index contributed by atoms with van der Waals surface area (Å²) in [4.78, 5) is 9.46. The fraction of sp³-hybridized carbons (Fsp3) is 0.909. The maximum atomic E-state index is 4.64. The molecule has 0 aliphatic carbocycles. The van der Waals surface area contributed by atoms with Crippen LogP contribution < -0.4 is 0 Å². The lowest BCUT2D eigenvalue weighted by molar-refractivity contribution is 0.193. The number of nitrogens with zero attached hydrogens (tertiary/aromatic N) is 3. The van der Waals surface area contributed by atoms with E-state index >= 15 is 0 Å². The van der Waals surface area contributed by atoms with Crippen molar-refractivity contribution in [1.29, 1.82) is 0 Å². The lowest BCUT2D eigenvalue weighted by Gasteiger charge is -2.36. The molecule has 2 heterocycles. The van der Waals surface area contributed by atoms with Crippen LogP contribution >= 0.6 is 27.7 Å². The highest BCUT2D eigenvalue weighted by atomic mass is 79.9. The molecule has 1 fully saturated rings. The van der Waals surface area contributed by atoms with Crippen LogP contribution in [0.2, 0.25) is 0 Å². The molecule has 16 heavy (non-hydrogen) atoms. The summed E-state index contributed by atoms with van der Waals surface area (Å²) in [5.74, 6) is 0. The van der Waals surface area contributed by atoms with Crippen LogP contribution in [0.15, 0.2) is 4.99 Å². The highest BCUT2D eigenvalue weighted by Crippen LogP contribution is 2.27. The van der Waals surface area contributed by atoms with Gasteiger partial charge < -0.3 is 9.80 Å². The Bertz CT molecular complexity index is 262. The Kier molecular flexibility index (Phi) is 4.56. The number of thioether (sulfide) groups is 1. The molecule has 0 amide bonds. The van der Waals surface area contributed by atoms with Crippen molar-refractivity contribution in [3.63, 3.8) is 0 Å². The zero-order valence-corrected chi connectivity index (χ0v) is 12.4. The average molecular weight is 306 g/mol. The van der Waals surface area contributed by atoms with Crippen molar-refractivity contribution in [1.82, 2.24) is 9.80 Å². The van der Waals surface area contributed by atoms with Gasteiger partial charge in [-0.25, -0.2) is 0 Å². The van der Waals surface area contributed by atoms with Crippen molar-refractivity contribution in [3.8, 4) is 0 Å². The molecule has 0 radical (unpaired) electrons. The van der Waals surface area contributed by atoms with Crippen LogP contribution in [-0.4, -0.2) is 65.3 Å². The minimum absolute atomic E-state index is 0.654. The molecule has 0 aromatic rings. The van der Waals surface area contributed by atoms with Gasteiger partial charge in [0.2, 0.25) is 0 Å². The first-order valence-corrected chi connectivity index (χ1v) is 7.89. The van der Waals surface area contributed by atoms with Gasteiger partial charge in [-0.05, 0) is 26.9 Å². The fourth-order valence-corrected chi connectivity index (χ4v) is 3.82. The molecule has 0 bridgehead atoms. The second kappa shape index (κ2) is 5.74. The second-order valence-corrected chi connectivity index (χ2v) is 6.61. The fourth-order valence-electron chi connectivity index (χ4n) is 2.23. The van der Waals surface area contributed by atoms with Gasteiger partial charge in [0, 0.05) is 29.7 Å². The Morgan fingerprint density at radius 1 is 1.44 bits per heavy atom. The molecule has 0 aromatic heterocycles. The standard InChI is InChI=1S/C11H20BrN3S/c1-14(2)9-3-5-15(6-4-9)11-13-8-10(7-12)16-11/h9-10H,3-8H2,1-2H3. The number of halogens is 1. The number of hydrogen-bond donors (Lipinski definition) is 0. The SMILES string of the molecule is CN(C)C1CCN(C2=NCC(CBr)S2)CC1. The Morgan fingerprint density at radius 3 is 2.62 bits per heavy atom. The van der Waals surface area contributed by atoms with Crippen LogP contribution in [0.25, 0.3) is 0 Å². The maximum Gasteiger partial charge on any atom is 0.159 e. The highest BCUT2D eigenvalue weighted by Gasteiger charge is 2.27. The van der Waals surface area contributed by atoms with Crippen molar-refractivity contribution in [2.45, 2.75) is 24.1 Å². The molecule has 2 aliphatic heterocycles. The predicted molar refractivity (Wildman–Crippen MR) is 75.8 cm³/mol. The van der Waals surface area contributed by atoms with Crippen LogP contribution in [0, 0.1) is 0 Å². The van der Waals surface area contributed by atoms with Crippen molar-refractivity contribution in [2.24, 2.45) is 4.99 Å². The lowest BCUT2D eigenvalue weighted by atomic mass is 10.1. The molecular weight excluding hydrogens is 286 g/mol. The van der Waals surface area contributed by atoms with Gasteiger partial charge in [-0.15, -0.1) is 0 Å². The molecule has 0 N–H and O–H groups in total. The number of rotatable bonds is 2. The summed E-state index contributed by atoms with van der Waals surface area (Å²) in [5.41, 5.74) is 0. The van der Waals surface area contributed by atoms with Crippen molar-refractivity contribution < 1.29 is 0 Å². The molecule has 1 saturated heterocycles. The van der Waals surface area contributed by atoms with E-state index in [1.807, 2.05) is 11.8 Å². The van der Waals surface area contributed by atoms with Crippen LogP contribution in [-0.2, 0) is 0 Å². The number of amidine groups is 1. The molecule has 2 aliphatic rings. The molecule has 0 saturated carbocycles. The van der Waals surface area contributed by atoms with E-state index in [1.165, 1.54) is 31.1 Å². The molecule has 1 atom stereocenters. The molecule has 5 heteroatoms. The van der Waals surface area contributed by atoms with E-state index in [0.717, 1.165) is 17.9 Å². The lowest BCUT2D eigenvalue weighted by Crippen LogP contribution is -2.43. The van der Waals surface area contributed by atoms with Gasteiger partial charge in [0.1, 0.15) is 0 Å². The molecule has 0 spiro atoms. The highest BCUT2D eigenvalue weighted by molar-refractivity contribution is 9.09. The zero-order valence-electron chi connectivity index (χ0n) is 10.0. The molecule has 0 aromatic carbocycles. The summed E-state index contributed by atoms with van der Waals surface area (Å²) in [6.45, 7) is 3.33. The third kappa shape index (κ3) is 2.93. The van der Waals surface area contributed by atoms with Crippen molar-refractivity contribution >= 4 is 32.9 Å². The first-order valence-electron chi connectivity index (χ1n) is 5.89. The van der Waals surface area contributed by atoms with E-state index in [9.17, 15) is 0 Å². The molecule has 3 nitrogen and oxygen atoms in total. The van der Waals surface area contributed by atoms with Crippen LogP contribution in [0.1, 0.15) is 12.8 Å². The number of alkyl halides is 1. The van der Waals surface area contributed by atoms with Crippen molar-refractivity contribution in [2.75, 3.05) is 39.1 Å². The Morgan fingerprint density at radius 2 is 2.12 bits per heavy atom. The topological polar surface area (TPSA) is 18.8 Å². The Labute approximate surface area is 111 Å². The maximum absolute atomic E-state index is 4.64. The molecule has 2 rings (SSSR count). The van der Waals surface area contributed by atoms with Gasteiger partial charge in [0.05, 0.1) is 6.54 Å². The van der Waals surface area contributed by atoms with Crippen LogP contribution in [0.4, 0.5) is 0 Å². The number of likely N-dealkylation sites (tertiary alicyclic amines) is 1. The van der Waals surface area contributed by atoms with E-state index in [1.54, 1.807) is 0 Å². The Balaban J connectivity index is 1.81. The largest absolute Gasteiger partial charge is 0.351 e. The number of piperidine rings is 1. The van der Waals surface area contributed by atoms with Gasteiger partial charge in [-0.3, -0.25) is 4.99 Å². The van der Waals surface area contributed by atoms with Crippen LogP contribution in [0.3, 0.4) is 0 Å². The summed E-state index contributed by atoms with van der Waals surface area (Å²) in [6, 6.07) is 0.759. The molecular formula is C11H20BrN3S. The molecule has 1 unspecified atom stereocenters. The normalized spacial score (nSPS) is 27.6. The van der Waals surface area contributed by atoms with E-state index in [2.05, 4.69) is 44.8 Å².